The number of rotatable bonds is 6. The van der Waals surface area contributed by atoms with Gasteiger partial charge in [0.1, 0.15) is 0 Å². The second kappa shape index (κ2) is 8.55. The first-order valence-corrected chi connectivity index (χ1v) is 10.9. The first-order valence-electron chi connectivity index (χ1n) is 9.52. The fourth-order valence-electron chi connectivity index (χ4n) is 3.13. The number of benzene rings is 2. The van der Waals surface area contributed by atoms with Crippen molar-refractivity contribution >= 4 is 29.3 Å². The normalized spacial score (nSPS) is 14.0. The van der Waals surface area contributed by atoms with Gasteiger partial charge in [-0.3, -0.25) is 9.36 Å². The number of amides is 1. The van der Waals surface area contributed by atoms with E-state index in [1.807, 2.05) is 0 Å². The molecule has 3 aromatic rings. The molecule has 4 rings (SSSR count). The molecule has 1 aromatic heterocycles. The number of carbonyl (C=O) groups excluding carboxylic acids is 1. The van der Waals surface area contributed by atoms with Gasteiger partial charge in [0, 0.05) is 18.7 Å². The Kier molecular flexibility index (Phi) is 5.98. The third kappa shape index (κ3) is 4.72. The highest BCUT2D eigenvalue weighted by Gasteiger charge is 2.32. The summed E-state index contributed by atoms with van der Waals surface area (Å²) in [5, 5.41) is 9.05. The van der Waals surface area contributed by atoms with Crippen molar-refractivity contribution < 1.29 is 18.0 Å². The van der Waals surface area contributed by atoms with Crippen molar-refractivity contribution in [2.75, 3.05) is 12.8 Å². The summed E-state index contributed by atoms with van der Waals surface area (Å²) in [5.41, 5.74) is -0.0214. The Balaban J connectivity index is 1.74. The molecule has 1 aliphatic carbocycles. The highest BCUT2D eigenvalue weighted by Crippen LogP contribution is 2.35. The molecule has 0 bridgehead atoms. The van der Waals surface area contributed by atoms with Crippen molar-refractivity contribution in [3.8, 4) is 17.1 Å². The molecular formula is C21H18ClF3N4OS. The van der Waals surface area contributed by atoms with Crippen LogP contribution in [0.1, 0.15) is 18.4 Å². The van der Waals surface area contributed by atoms with Gasteiger partial charge in [0.25, 0.3) is 0 Å². The molecular weight excluding hydrogens is 449 g/mol. The number of thioether (sulfide) groups is 1. The quantitative estimate of drug-likeness (QED) is 0.461. The van der Waals surface area contributed by atoms with Crippen LogP contribution in [0, 0.1) is 0 Å². The Hall–Kier alpha value is -2.52. The largest absolute Gasteiger partial charge is 0.416 e. The van der Waals surface area contributed by atoms with Crippen LogP contribution < -0.4 is 0 Å². The average Bonchev–Trinajstić information content (AvgIpc) is 3.51. The minimum Gasteiger partial charge on any atom is -0.342 e. The van der Waals surface area contributed by atoms with E-state index in [4.69, 9.17) is 11.6 Å². The van der Waals surface area contributed by atoms with Gasteiger partial charge in [0.05, 0.1) is 22.0 Å². The summed E-state index contributed by atoms with van der Waals surface area (Å²) in [7, 11) is 1.76. The lowest BCUT2D eigenvalue weighted by Crippen LogP contribution is -2.30. The summed E-state index contributed by atoms with van der Waals surface area (Å²) in [6.45, 7) is 0. The van der Waals surface area contributed by atoms with E-state index in [1.54, 1.807) is 42.3 Å². The van der Waals surface area contributed by atoms with E-state index in [0.29, 0.717) is 21.6 Å². The molecule has 1 heterocycles. The molecule has 1 aliphatic rings. The van der Waals surface area contributed by atoms with Crippen molar-refractivity contribution in [1.29, 1.82) is 0 Å². The monoisotopic (exact) mass is 466 g/mol. The van der Waals surface area contributed by atoms with Gasteiger partial charge in [0.2, 0.25) is 5.91 Å². The summed E-state index contributed by atoms with van der Waals surface area (Å²) in [4.78, 5) is 14.1. The van der Waals surface area contributed by atoms with Gasteiger partial charge in [-0.1, -0.05) is 41.6 Å². The van der Waals surface area contributed by atoms with Crippen molar-refractivity contribution in [3.05, 3.63) is 59.1 Å². The Morgan fingerprint density at radius 2 is 1.94 bits per heavy atom. The first-order chi connectivity index (χ1) is 14.8. The van der Waals surface area contributed by atoms with Gasteiger partial charge in [-0.15, -0.1) is 10.2 Å². The van der Waals surface area contributed by atoms with E-state index < -0.39 is 11.7 Å². The predicted octanol–water partition coefficient (Wildman–Crippen LogP) is 5.32. The van der Waals surface area contributed by atoms with Crippen LogP contribution in [0.5, 0.6) is 0 Å². The molecule has 0 radical (unpaired) electrons. The fourth-order valence-corrected chi connectivity index (χ4v) is 4.22. The van der Waals surface area contributed by atoms with E-state index in [0.717, 1.165) is 36.7 Å². The van der Waals surface area contributed by atoms with Crippen molar-refractivity contribution in [2.45, 2.75) is 30.2 Å². The molecule has 0 aliphatic heterocycles. The lowest BCUT2D eigenvalue weighted by atomic mass is 10.1. The molecule has 5 nitrogen and oxygen atoms in total. The standard InChI is InChI=1S/C21H18ClF3N4OS/c1-28(14-9-10-14)18(30)12-31-20-27-26-19(16-7-2-3-8-17(16)22)29(20)15-6-4-5-13(11-15)21(23,24)25/h2-8,11,14H,9-10,12H2,1H3. The van der Waals surface area contributed by atoms with Crippen LogP contribution in [0.25, 0.3) is 17.1 Å². The summed E-state index contributed by atoms with van der Waals surface area (Å²) in [5.74, 6) is 0.341. The van der Waals surface area contributed by atoms with Crippen LogP contribution in [0.2, 0.25) is 5.02 Å². The maximum atomic E-state index is 13.3. The van der Waals surface area contributed by atoms with E-state index in [1.165, 1.54) is 10.6 Å². The number of hydrogen-bond acceptors (Lipinski definition) is 4. The van der Waals surface area contributed by atoms with E-state index >= 15 is 0 Å². The molecule has 1 amide bonds. The lowest BCUT2D eigenvalue weighted by molar-refractivity contribution is -0.137. The van der Waals surface area contributed by atoms with Crippen LogP contribution in [0.15, 0.2) is 53.7 Å². The molecule has 10 heteroatoms. The minimum atomic E-state index is -4.50. The molecule has 1 saturated carbocycles. The Labute approximate surface area is 186 Å². The maximum Gasteiger partial charge on any atom is 0.416 e. The number of alkyl halides is 3. The second-order valence-corrected chi connectivity index (χ2v) is 8.54. The highest BCUT2D eigenvalue weighted by atomic mass is 35.5. The Bertz CT molecular complexity index is 1110. The van der Waals surface area contributed by atoms with E-state index in [2.05, 4.69) is 10.2 Å². The Morgan fingerprint density at radius 3 is 2.61 bits per heavy atom. The molecule has 162 valence electrons. The molecule has 0 saturated heterocycles. The molecule has 31 heavy (non-hydrogen) atoms. The smallest absolute Gasteiger partial charge is 0.342 e. The minimum absolute atomic E-state index is 0.0645. The topological polar surface area (TPSA) is 51.0 Å². The van der Waals surface area contributed by atoms with E-state index in [-0.39, 0.29) is 23.4 Å². The molecule has 1 fully saturated rings. The zero-order valence-corrected chi connectivity index (χ0v) is 18.0. The Morgan fingerprint density at radius 1 is 1.19 bits per heavy atom. The molecule has 0 unspecified atom stereocenters. The number of carbonyl (C=O) groups is 1. The van der Waals surface area contributed by atoms with Crippen LogP contribution in [-0.4, -0.2) is 44.4 Å². The van der Waals surface area contributed by atoms with Gasteiger partial charge >= 0.3 is 6.18 Å². The van der Waals surface area contributed by atoms with Gasteiger partial charge < -0.3 is 4.90 Å². The third-order valence-corrected chi connectivity index (χ3v) is 6.24. The highest BCUT2D eigenvalue weighted by molar-refractivity contribution is 7.99. The molecule has 0 atom stereocenters. The predicted molar refractivity (Wildman–Crippen MR) is 113 cm³/mol. The summed E-state index contributed by atoms with van der Waals surface area (Å²) < 4.78 is 41.4. The van der Waals surface area contributed by atoms with Crippen LogP contribution in [0.4, 0.5) is 13.2 Å². The molecule has 2 aromatic carbocycles. The zero-order chi connectivity index (χ0) is 22.2. The summed E-state index contributed by atoms with van der Waals surface area (Å²) >= 11 is 7.45. The summed E-state index contributed by atoms with van der Waals surface area (Å²) in [6, 6.07) is 12.1. The van der Waals surface area contributed by atoms with Crippen molar-refractivity contribution in [1.82, 2.24) is 19.7 Å². The first kappa shape index (κ1) is 21.7. The SMILES string of the molecule is CN(C(=O)CSc1nnc(-c2ccccc2Cl)n1-c1cccc(C(F)(F)F)c1)C1CC1. The number of hydrogen-bond donors (Lipinski definition) is 0. The van der Waals surface area contributed by atoms with Gasteiger partial charge in [-0.25, -0.2) is 0 Å². The maximum absolute atomic E-state index is 13.3. The summed E-state index contributed by atoms with van der Waals surface area (Å²) in [6.07, 6.45) is -2.52. The third-order valence-electron chi connectivity index (χ3n) is 4.99. The van der Waals surface area contributed by atoms with Crippen LogP contribution in [-0.2, 0) is 11.0 Å². The average molecular weight is 467 g/mol. The molecule has 0 spiro atoms. The van der Waals surface area contributed by atoms with Gasteiger partial charge in [-0.05, 0) is 43.2 Å². The lowest BCUT2D eigenvalue weighted by Gasteiger charge is -2.16. The fraction of sp³-hybridized carbons (Fsp3) is 0.286. The van der Waals surface area contributed by atoms with Crippen LogP contribution in [0.3, 0.4) is 0 Å². The second-order valence-electron chi connectivity index (χ2n) is 7.19. The van der Waals surface area contributed by atoms with E-state index in [9.17, 15) is 18.0 Å². The van der Waals surface area contributed by atoms with Crippen molar-refractivity contribution in [3.63, 3.8) is 0 Å². The number of aromatic nitrogens is 3. The number of nitrogens with zero attached hydrogens (tertiary/aromatic N) is 4. The van der Waals surface area contributed by atoms with Crippen LogP contribution >= 0.6 is 23.4 Å². The van der Waals surface area contributed by atoms with Gasteiger partial charge in [-0.2, -0.15) is 13.2 Å². The zero-order valence-electron chi connectivity index (χ0n) is 16.4. The van der Waals surface area contributed by atoms with Crippen molar-refractivity contribution in [2.24, 2.45) is 0 Å². The van der Waals surface area contributed by atoms with Gasteiger partial charge in [0.15, 0.2) is 11.0 Å². The molecule has 0 N–H and O–H groups in total. The number of halogens is 4.